The second kappa shape index (κ2) is 10.0. The number of aldehydes is 1. The number of pyridine rings is 1. The summed E-state index contributed by atoms with van der Waals surface area (Å²) < 4.78 is 16.2. The molecule has 3 aromatic heterocycles. The van der Waals surface area contributed by atoms with Crippen molar-refractivity contribution >= 4 is 28.4 Å². The number of hydrogen-bond donors (Lipinski definition) is 4. The molecular weight excluding hydrogens is 473 g/mol. The number of anilines is 2. The van der Waals surface area contributed by atoms with Gasteiger partial charge in [0.05, 0.1) is 30.6 Å². The molecule has 4 rings (SSSR count). The smallest absolute Gasteiger partial charge is 0.153 e. The van der Waals surface area contributed by atoms with E-state index in [9.17, 15) is 19.4 Å². The Labute approximate surface area is 204 Å². The second-order valence-electron chi connectivity index (χ2n) is 8.37. The number of nitrogens with zero attached hydrogens (tertiary/aromatic N) is 4. The van der Waals surface area contributed by atoms with E-state index in [-0.39, 0.29) is 18.8 Å². The number of rotatable bonds is 9. The van der Waals surface area contributed by atoms with E-state index >= 15 is 0 Å². The minimum Gasteiger partial charge on any atom is -0.394 e. The van der Waals surface area contributed by atoms with E-state index < -0.39 is 17.5 Å². The minimum atomic E-state index is -1.18. The molecule has 0 aliphatic rings. The Morgan fingerprint density at radius 2 is 2.03 bits per heavy atom. The number of aromatic nitrogens is 4. The number of carbonyl (C=O) groups is 1. The third kappa shape index (κ3) is 5.43. The highest BCUT2D eigenvalue weighted by Crippen LogP contribution is 2.38. The molecule has 11 heteroatoms. The molecule has 0 radical (unpaired) electrons. The summed E-state index contributed by atoms with van der Waals surface area (Å²) in [4.78, 5) is 16.6. The van der Waals surface area contributed by atoms with Crippen LogP contribution in [0.2, 0.25) is 0 Å². The molecule has 9 nitrogen and oxygen atoms in total. The molecular formula is C24H24FN5O4S. The van der Waals surface area contributed by atoms with E-state index in [0.29, 0.717) is 44.4 Å². The van der Waals surface area contributed by atoms with Gasteiger partial charge in [0.15, 0.2) is 6.29 Å². The van der Waals surface area contributed by atoms with Crippen LogP contribution in [-0.2, 0) is 12.1 Å². The molecule has 4 N–H and O–H groups in total. The van der Waals surface area contributed by atoms with Gasteiger partial charge >= 0.3 is 0 Å². The topological polar surface area (TPSA) is 133 Å². The molecule has 35 heavy (non-hydrogen) atoms. The maximum Gasteiger partial charge on any atom is 0.153 e. The lowest BCUT2D eigenvalue weighted by molar-refractivity contribution is 0.0782. The van der Waals surface area contributed by atoms with Crippen LogP contribution < -0.4 is 5.32 Å². The summed E-state index contributed by atoms with van der Waals surface area (Å²) in [5, 5.41) is 41.1. The van der Waals surface area contributed by atoms with Gasteiger partial charge in [-0.1, -0.05) is 23.4 Å². The molecule has 0 aliphatic carbocycles. The van der Waals surface area contributed by atoms with Crippen molar-refractivity contribution in [2.45, 2.75) is 32.1 Å². The molecule has 0 saturated carbocycles. The number of nitrogens with one attached hydrogen (secondary N) is 1. The maximum absolute atomic E-state index is 14.8. The number of halogens is 1. The second-order valence-corrected chi connectivity index (χ2v) is 9.42. The summed E-state index contributed by atoms with van der Waals surface area (Å²) in [5.41, 5.74) is 0.492. The van der Waals surface area contributed by atoms with Crippen molar-refractivity contribution in [2.24, 2.45) is 0 Å². The van der Waals surface area contributed by atoms with E-state index in [1.807, 2.05) is 0 Å². The highest BCUT2D eigenvalue weighted by atomic mass is 32.1. The van der Waals surface area contributed by atoms with Crippen LogP contribution in [0, 0.1) is 5.82 Å². The van der Waals surface area contributed by atoms with Crippen LogP contribution in [0.4, 0.5) is 15.2 Å². The summed E-state index contributed by atoms with van der Waals surface area (Å²) in [7, 11) is 0. The maximum atomic E-state index is 14.8. The van der Waals surface area contributed by atoms with E-state index in [2.05, 4.69) is 20.6 Å². The predicted molar refractivity (Wildman–Crippen MR) is 129 cm³/mol. The zero-order valence-electron chi connectivity index (χ0n) is 19.0. The number of thiophene rings is 1. The fraction of sp³-hybridized carbons (Fsp3) is 0.250. The summed E-state index contributed by atoms with van der Waals surface area (Å²) in [6.45, 7) is 3.31. The lowest BCUT2D eigenvalue weighted by Gasteiger charge is -2.18. The molecule has 1 unspecified atom stereocenters. The number of aliphatic hydroxyl groups is 3. The molecule has 0 fully saturated rings. The largest absolute Gasteiger partial charge is 0.394 e. The van der Waals surface area contributed by atoms with Crippen molar-refractivity contribution in [3.05, 3.63) is 77.0 Å². The third-order valence-corrected chi connectivity index (χ3v) is 6.39. The number of benzene rings is 1. The molecule has 0 bridgehead atoms. The van der Waals surface area contributed by atoms with E-state index in [0.717, 1.165) is 0 Å². The van der Waals surface area contributed by atoms with Gasteiger partial charge in [0.25, 0.3) is 0 Å². The first-order valence-corrected chi connectivity index (χ1v) is 11.6. The average molecular weight is 498 g/mol. The lowest BCUT2D eigenvalue weighted by Crippen LogP contribution is -2.15. The van der Waals surface area contributed by atoms with Gasteiger partial charge < -0.3 is 20.6 Å². The Balaban J connectivity index is 1.59. The summed E-state index contributed by atoms with van der Waals surface area (Å²) >= 11 is 1.18. The van der Waals surface area contributed by atoms with Crippen LogP contribution in [0.5, 0.6) is 0 Å². The van der Waals surface area contributed by atoms with Crippen molar-refractivity contribution < 1.29 is 24.5 Å². The van der Waals surface area contributed by atoms with E-state index in [1.54, 1.807) is 50.2 Å². The van der Waals surface area contributed by atoms with Gasteiger partial charge in [-0.2, -0.15) is 0 Å². The summed E-state index contributed by atoms with van der Waals surface area (Å²) in [6, 6.07) is 11.1. The first-order chi connectivity index (χ1) is 16.7. The van der Waals surface area contributed by atoms with Gasteiger partial charge in [-0.3, -0.25) is 4.79 Å². The lowest BCUT2D eigenvalue weighted by atomic mass is 9.96. The Morgan fingerprint density at radius 3 is 2.71 bits per heavy atom. The SMILES string of the molecule is CC(C)(O)c1ccc(-c2cc(C=O)c(Nc3cccc(C(O)c4cn(CCO)nn4)n3)s2)c(F)c1. The molecule has 3 heterocycles. The number of aliphatic hydroxyl groups excluding tert-OH is 2. The molecule has 1 atom stereocenters. The van der Waals surface area contributed by atoms with Crippen molar-refractivity contribution in [1.82, 2.24) is 20.0 Å². The average Bonchev–Trinajstić information content (AvgIpc) is 3.45. The fourth-order valence-electron chi connectivity index (χ4n) is 3.41. The van der Waals surface area contributed by atoms with Gasteiger partial charge in [0.2, 0.25) is 0 Å². The van der Waals surface area contributed by atoms with E-state index in [1.165, 1.54) is 28.3 Å². The van der Waals surface area contributed by atoms with Crippen molar-refractivity contribution in [1.29, 1.82) is 0 Å². The molecule has 1 aromatic carbocycles. The van der Waals surface area contributed by atoms with Crippen LogP contribution in [0.3, 0.4) is 0 Å². The third-order valence-electron chi connectivity index (χ3n) is 5.29. The molecule has 0 spiro atoms. The molecule has 0 amide bonds. The normalized spacial score (nSPS) is 12.5. The number of hydrogen-bond acceptors (Lipinski definition) is 9. The monoisotopic (exact) mass is 497 g/mol. The Hall–Kier alpha value is -3.51. The van der Waals surface area contributed by atoms with Crippen LogP contribution in [-0.4, -0.2) is 48.2 Å². The number of carbonyl (C=O) groups excluding carboxylic acids is 1. The first kappa shape index (κ1) is 24.6. The summed E-state index contributed by atoms with van der Waals surface area (Å²) in [5.74, 6) is -0.133. The van der Waals surface area contributed by atoms with Crippen molar-refractivity contribution in [3.8, 4) is 10.4 Å². The molecule has 4 aromatic rings. The standard InChI is InChI=1S/C24H24FN5O4S/c1-24(2,34)15-6-7-16(17(25)11-15)20-10-14(13-32)23(35-20)27-21-5-3-4-18(26-21)22(33)19-12-30(8-9-31)29-28-19/h3-7,10-13,22,31,33-34H,8-9H2,1-2H3,(H,26,27). The van der Waals surface area contributed by atoms with Gasteiger partial charge in [-0.05, 0) is 43.7 Å². The Morgan fingerprint density at radius 1 is 1.23 bits per heavy atom. The Kier molecular flexibility index (Phi) is 7.03. The van der Waals surface area contributed by atoms with Gasteiger partial charge in [0, 0.05) is 16.0 Å². The predicted octanol–water partition coefficient (Wildman–Crippen LogP) is 3.40. The zero-order chi connectivity index (χ0) is 25.2. The van der Waals surface area contributed by atoms with Gasteiger partial charge in [-0.15, -0.1) is 16.4 Å². The van der Waals surface area contributed by atoms with Crippen molar-refractivity contribution in [2.75, 3.05) is 11.9 Å². The fourth-order valence-corrected chi connectivity index (χ4v) is 4.47. The van der Waals surface area contributed by atoms with Crippen LogP contribution in [0.25, 0.3) is 10.4 Å². The quantitative estimate of drug-likeness (QED) is 0.259. The highest BCUT2D eigenvalue weighted by molar-refractivity contribution is 7.19. The zero-order valence-corrected chi connectivity index (χ0v) is 19.8. The van der Waals surface area contributed by atoms with E-state index in [4.69, 9.17) is 5.11 Å². The Bertz CT molecular complexity index is 1350. The van der Waals surface area contributed by atoms with Crippen LogP contribution in [0.1, 0.15) is 47.3 Å². The van der Waals surface area contributed by atoms with Crippen LogP contribution >= 0.6 is 11.3 Å². The molecule has 182 valence electrons. The minimum absolute atomic E-state index is 0.105. The van der Waals surface area contributed by atoms with Gasteiger partial charge in [-0.25, -0.2) is 14.1 Å². The van der Waals surface area contributed by atoms with Crippen LogP contribution in [0.15, 0.2) is 48.7 Å². The van der Waals surface area contributed by atoms with Crippen molar-refractivity contribution in [3.63, 3.8) is 0 Å². The molecule has 0 aliphatic heterocycles. The summed E-state index contributed by atoms with van der Waals surface area (Å²) in [6.07, 6.45) is 1.05. The highest BCUT2D eigenvalue weighted by Gasteiger charge is 2.20. The van der Waals surface area contributed by atoms with Gasteiger partial charge in [0.1, 0.15) is 28.4 Å². The first-order valence-electron chi connectivity index (χ1n) is 10.7. The molecule has 0 saturated heterocycles.